The maximum Gasteiger partial charge on any atom is 0.233 e. The van der Waals surface area contributed by atoms with Crippen molar-refractivity contribution in [2.75, 3.05) is 32.1 Å². The monoisotopic (exact) mass is 353 g/mol. The SMILES string of the molecule is Cc1cccc2sc(N(CCN(C)C)C(=O)Cc3ccccc3)nc12. The number of carbonyl (C=O) groups is 1. The molecule has 5 heteroatoms. The van der Waals surface area contributed by atoms with Crippen molar-refractivity contribution >= 4 is 32.6 Å². The molecule has 0 atom stereocenters. The van der Waals surface area contributed by atoms with E-state index >= 15 is 0 Å². The average Bonchev–Trinajstić information content (AvgIpc) is 3.01. The number of anilines is 1. The molecule has 3 aromatic rings. The summed E-state index contributed by atoms with van der Waals surface area (Å²) in [5.41, 5.74) is 3.16. The predicted molar refractivity (Wildman–Crippen MR) is 105 cm³/mol. The molecule has 3 rings (SSSR count). The average molecular weight is 353 g/mol. The third-order valence-corrected chi connectivity index (χ3v) is 5.15. The quantitative estimate of drug-likeness (QED) is 0.677. The number of likely N-dealkylation sites (N-methyl/N-ethyl adjacent to an activating group) is 1. The first-order chi connectivity index (χ1) is 12.0. The Morgan fingerprint density at radius 3 is 2.48 bits per heavy atom. The molecule has 1 heterocycles. The molecule has 0 fully saturated rings. The van der Waals surface area contributed by atoms with Crippen molar-refractivity contribution < 1.29 is 4.79 Å². The van der Waals surface area contributed by atoms with Crippen LogP contribution in [0, 0.1) is 6.92 Å². The maximum atomic E-state index is 13.0. The van der Waals surface area contributed by atoms with Crippen molar-refractivity contribution in [3.63, 3.8) is 0 Å². The molecule has 0 N–H and O–H groups in total. The van der Waals surface area contributed by atoms with E-state index in [0.29, 0.717) is 13.0 Å². The van der Waals surface area contributed by atoms with Crippen molar-refractivity contribution in [2.24, 2.45) is 0 Å². The number of aromatic nitrogens is 1. The maximum absolute atomic E-state index is 13.0. The summed E-state index contributed by atoms with van der Waals surface area (Å²) < 4.78 is 1.12. The number of benzene rings is 2. The first-order valence-corrected chi connectivity index (χ1v) is 9.21. The number of amides is 1. The molecule has 0 radical (unpaired) electrons. The molecule has 4 nitrogen and oxygen atoms in total. The summed E-state index contributed by atoms with van der Waals surface area (Å²) in [6.07, 6.45) is 0.392. The molecular formula is C20H23N3OS. The number of fused-ring (bicyclic) bond motifs is 1. The number of thiazole rings is 1. The minimum Gasteiger partial charge on any atom is -0.308 e. The van der Waals surface area contributed by atoms with Crippen molar-refractivity contribution in [3.8, 4) is 0 Å². The Kier molecular flexibility index (Phi) is 5.46. The second-order valence-corrected chi connectivity index (χ2v) is 7.44. The zero-order chi connectivity index (χ0) is 17.8. The minimum atomic E-state index is 0.0877. The smallest absolute Gasteiger partial charge is 0.233 e. The van der Waals surface area contributed by atoms with Gasteiger partial charge < -0.3 is 4.90 Å². The van der Waals surface area contributed by atoms with Crippen LogP contribution < -0.4 is 4.90 Å². The normalized spacial score (nSPS) is 11.2. The van der Waals surface area contributed by atoms with Crippen molar-refractivity contribution in [1.82, 2.24) is 9.88 Å². The summed E-state index contributed by atoms with van der Waals surface area (Å²) >= 11 is 1.59. The van der Waals surface area contributed by atoms with Crippen LogP contribution in [0.1, 0.15) is 11.1 Å². The fourth-order valence-electron chi connectivity index (χ4n) is 2.68. The van der Waals surface area contributed by atoms with E-state index in [1.165, 1.54) is 0 Å². The second-order valence-electron chi connectivity index (χ2n) is 6.43. The Labute approximate surface area is 152 Å². The summed E-state index contributed by atoms with van der Waals surface area (Å²) in [5, 5.41) is 0.784. The van der Waals surface area contributed by atoms with E-state index in [1.54, 1.807) is 11.3 Å². The summed E-state index contributed by atoms with van der Waals surface area (Å²) in [5.74, 6) is 0.0877. The van der Waals surface area contributed by atoms with Gasteiger partial charge in [0, 0.05) is 13.1 Å². The van der Waals surface area contributed by atoms with Gasteiger partial charge in [-0.25, -0.2) is 4.98 Å². The van der Waals surface area contributed by atoms with Crippen LogP contribution in [0.25, 0.3) is 10.2 Å². The third kappa shape index (κ3) is 4.24. The molecule has 25 heavy (non-hydrogen) atoms. The number of nitrogens with zero attached hydrogens (tertiary/aromatic N) is 3. The van der Waals surface area contributed by atoms with Crippen LogP contribution in [0.5, 0.6) is 0 Å². The largest absolute Gasteiger partial charge is 0.308 e. The van der Waals surface area contributed by atoms with Crippen LogP contribution in [0.15, 0.2) is 48.5 Å². The van der Waals surface area contributed by atoms with Crippen LogP contribution in [-0.2, 0) is 11.2 Å². The van der Waals surface area contributed by atoms with Crippen LogP contribution >= 0.6 is 11.3 Å². The van der Waals surface area contributed by atoms with E-state index in [-0.39, 0.29) is 5.91 Å². The summed E-state index contributed by atoms with van der Waals surface area (Å²) in [6.45, 7) is 3.49. The molecule has 0 saturated carbocycles. The van der Waals surface area contributed by atoms with Gasteiger partial charge in [-0.15, -0.1) is 0 Å². The molecule has 2 aromatic carbocycles. The van der Waals surface area contributed by atoms with Gasteiger partial charge in [0.1, 0.15) is 0 Å². The number of hydrogen-bond donors (Lipinski definition) is 0. The van der Waals surface area contributed by atoms with E-state index in [2.05, 4.69) is 24.0 Å². The fraction of sp³-hybridized carbons (Fsp3) is 0.300. The van der Waals surface area contributed by atoms with E-state index in [0.717, 1.165) is 33.0 Å². The topological polar surface area (TPSA) is 36.4 Å². The molecule has 0 unspecified atom stereocenters. The van der Waals surface area contributed by atoms with Crippen molar-refractivity contribution in [1.29, 1.82) is 0 Å². The lowest BCUT2D eigenvalue weighted by atomic mass is 10.1. The van der Waals surface area contributed by atoms with Gasteiger partial charge in [-0.2, -0.15) is 0 Å². The lowest BCUT2D eigenvalue weighted by Crippen LogP contribution is -2.37. The highest BCUT2D eigenvalue weighted by Gasteiger charge is 2.20. The number of hydrogen-bond acceptors (Lipinski definition) is 4. The van der Waals surface area contributed by atoms with Gasteiger partial charge in [0.05, 0.1) is 16.6 Å². The molecule has 1 aromatic heterocycles. The third-order valence-electron chi connectivity index (χ3n) is 4.11. The standard InChI is InChI=1S/C20H23N3OS/c1-15-8-7-11-17-19(15)21-20(25-17)23(13-12-22(2)3)18(24)14-16-9-5-4-6-10-16/h4-11H,12-14H2,1-3H3. The van der Waals surface area contributed by atoms with Gasteiger partial charge in [-0.05, 0) is 38.2 Å². The van der Waals surface area contributed by atoms with Gasteiger partial charge in [-0.1, -0.05) is 53.8 Å². The van der Waals surface area contributed by atoms with Crippen molar-refractivity contribution in [3.05, 3.63) is 59.7 Å². The van der Waals surface area contributed by atoms with E-state index in [9.17, 15) is 4.79 Å². The first-order valence-electron chi connectivity index (χ1n) is 8.40. The lowest BCUT2D eigenvalue weighted by Gasteiger charge is -2.22. The molecule has 130 valence electrons. The predicted octanol–water partition coefficient (Wildman–Crippen LogP) is 3.74. The zero-order valence-corrected chi connectivity index (χ0v) is 15.7. The van der Waals surface area contributed by atoms with Gasteiger partial charge in [0.15, 0.2) is 5.13 Å². The Balaban J connectivity index is 1.89. The molecule has 0 aliphatic heterocycles. The van der Waals surface area contributed by atoms with Gasteiger partial charge in [-0.3, -0.25) is 9.69 Å². The van der Waals surface area contributed by atoms with Crippen LogP contribution in [0.4, 0.5) is 5.13 Å². The lowest BCUT2D eigenvalue weighted by molar-refractivity contribution is -0.118. The Morgan fingerprint density at radius 2 is 1.80 bits per heavy atom. The molecular weight excluding hydrogens is 330 g/mol. The van der Waals surface area contributed by atoms with Crippen LogP contribution in [0.2, 0.25) is 0 Å². The first kappa shape index (κ1) is 17.6. The number of carbonyl (C=O) groups excluding carboxylic acids is 1. The van der Waals surface area contributed by atoms with Gasteiger partial charge in [0.25, 0.3) is 0 Å². The molecule has 0 aliphatic rings. The minimum absolute atomic E-state index is 0.0877. The van der Waals surface area contributed by atoms with Gasteiger partial charge in [0.2, 0.25) is 5.91 Å². The van der Waals surface area contributed by atoms with E-state index in [1.807, 2.05) is 55.4 Å². The van der Waals surface area contributed by atoms with E-state index < -0.39 is 0 Å². The Morgan fingerprint density at radius 1 is 1.04 bits per heavy atom. The summed E-state index contributed by atoms with van der Waals surface area (Å²) in [6, 6.07) is 16.0. The van der Waals surface area contributed by atoms with Crippen molar-refractivity contribution in [2.45, 2.75) is 13.3 Å². The fourth-order valence-corrected chi connectivity index (χ4v) is 3.77. The molecule has 1 amide bonds. The molecule has 0 spiro atoms. The zero-order valence-electron chi connectivity index (χ0n) is 14.9. The molecule has 0 saturated heterocycles. The molecule has 0 bridgehead atoms. The number of para-hydroxylation sites is 1. The van der Waals surface area contributed by atoms with E-state index in [4.69, 9.17) is 4.98 Å². The van der Waals surface area contributed by atoms with Crippen LogP contribution in [0.3, 0.4) is 0 Å². The summed E-state index contributed by atoms with van der Waals surface area (Å²) in [4.78, 5) is 21.6. The highest BCUT2D eigenvalue weighted by Crippen LogP contribution is 2.30. The highest BCUT2D eigenvalue weighted by atomic mass is 32.1. The van der Waals surface area contributed by atoms with Crippen LogP contribution in [-0.4, -0.2) is 43.0 Å². The highest BCUT2D eigenvalue weighted by molar-refractivity contribution is 7.22. The second kappa shape index (κ2) is 7.76. The molecule has 0 aliphatic carbocycles. The Hall–Kier alpha value is -2.24. The number of aryl methyl sites for hydroxylation is 1. The summed E-state index contributed by atoms with van der Waals surface area (Å²) in [7, 11) is 4.03. The Bertz CT molecular complexity index is 858. The van der Waals surface area contributed by atoms with Gasteiger partial charge >= 0.3 is 0 Å². The number of rotatable bonds is 6.